The molecular weight excluding hydrogens is 288 g/mol. The summed E-state index contributed by atoms with van der Waals surface area (Å²) in [5.41, 5.74) is -0.415. The largest absolute Gasteiger partial charge is 0.444 e. The molecule has 1 unspecified atom stereocenters. The van der Waals surface area contributed by atoms with Gasteiger partial charge in [0.05, 0.1) is 0 Å². The smallest absolute Gasteiger partial charge is 0.410 e. The second-order valence-corrected chi connectivity index (χ2v) is 8.42. The first-order valence-electron chi connectivity index (χ1n) is 9.60. The highest BCUT2D eigenvalue weighted by atomic mass is 16.6. The van der Waals surface area contributed by atoms with Gasteiger partial charge in [-0.15, -0.1) is 0 Å². The maximum atomic E-state index is 12.4. The number of carbonyl (C=O) groups is 1. The van der Waals surface area contributed by atoms with Crippen molar-refractivity contribution in [3.05, 3.63) is 0 Å². The van der Waals surface area contributed by atoms with E-state index < -0.39 is 5.60 Å². The van der Waals surface area contributed by atoms with Crippen molar-refractivity contribution in [1.29, 1.82) is 0 Å². The summed E-state index contributed by atoms with van der Waals surface area (Å²) < 4.78 is 5.59. The van der Waals surface area contributed by atoms with Crippen LogP contribution in [-0.4, -0.2) is 41.8 Å². The quantitative estimate of drug-likeness (QED) is 0.836. The zero-order chi connectivity index (χ0) is 16.9. The monoisotopic (exact) mass is 324 g/mol. The van der Waals surface area contributed by atoms with Crippen LogP contribution < -0.4 is 5.32 Å². The van der Waals surface area contributed by atoms with Gasteiger partial charge < -0.3 is 15.0 Å². The molecule has 0 radical (unpaired) electrons. The van der Waals surface area contributed by atoms with E-state index in [0.717, 1.165) is 31.8 Å². The lowest BCUT2D eigenvalue weighted by Crippen LogP contribution is -2.51. The van der Waals surface area contributed by atoms with E-state index in [-0.39, 0.29) is 12.1 Å². The Bertz CT molecular complexity index is 372. The van der Waals surface area contributed by atoms with E-state index >= 15 is 0 Å². The molecule has 1 heterocycles. The van der Waals surface area contributed by atoms with E-state index in [1.54, 1.807) is 0 Å². The molecule has 0 aromatic heterocycles. The van der Waals surface area contributed by atoms with Crippen molar-refractivity contribution in [1.82, 2.24) is 10.2 Å². The van der Waals surface area contributed by atoms with Gasteiger partial charge in [-0.05, 0) is 65.7 Å². The number of carbonyl (C=O) groups excluding carboxylic acids is 1. The Morgan fingerprint density at radius 2 is 1.78 bits per heavy atom. The number of piperidine rings is 1. The van der Waals surface area contributed by atoms with Crippen molar-refractivity contribution in [3.63, 3.8) is 0 Å². The summed E-state index contributed by atoms with van der Waals surface area (Å²) in [6, 6.07) is 0.836. The summed E-state index contributed by atoms with van der Waals surface area (Å²) in [4.78, 5) is 14.4. The second kappa shape index (κ2) is 8.36. The van der Waals surface area contributed by atoms with Crippen molar-refractivity contribution in [2.75, 3.05) is 13.1 Å². The molecule has 1 saturated heterocycles. The lowest BCUT2D eigenvalue weighted by atomic mass is 9.84. The van der Waals surface area contributed by atoms with Crippen molar-refractivity contribution in [2.45, 2.75) is 96.7 Å². The molecule has 1 aliphatic carbocycles. The third-order valence-corrected chi connectivity index (χ3v) is 5.29. The first-order valence-corrected chi connectivity index (χ1v) is 9.60. The van der Waals surface area contributed by atoms with Crippen LogP contribution in [0.5, 0.6) is 0 Å². The minimum absolute atomic E-state index is 0.144. The zero-order valence-electron chi connectivity index (χ0n) is 15.6. The van der Waals surface area contributed by atoms with Crippen molar-refractivity contribution < 1.29 is 9.53 Å². The van der Waals surface area contributed by atoms with E-state index in [2.05, 4.69) is 12.2 Å². The van der Waals surface area contributed by atoms with E-state index in [1.807, 2.05) is 25.7 Å². The third-order valence-electron chi connectivity index (χ3n) is 5.29. The number of hydrogen-bond donors (Lipinski definition) is 1. The zero-order valence-corrected chi connectivity index (χ0v) is 15.6. The molecule has 23 heavy (non-hydrogen) atoms. The minimum atomic E-state index is -0.415. The second-order valence-electron chi connectivity index (χ2n) is 8.42. The van der Waals surface area contributed by atoms with Gasteiger partial charge in [0.2, 0.25) is 0 Å². The number of rotatable bonds is 4. The Hall–Kier alpha value is -0.770. The van der Waals surface area contributed by atoms with Gasteiger partial charge in [0.25, 0.3) is 0 Å². The average molecular weight is 325 g/mol. The molecule has 2 fully saturated rings. The van der Waals surface area contributed by atoms with Gasteiger partial charge in [0.15, 0.2) is 0 Å². The number of ether oxygens (including phenoxy) is 1. The van der Waals surface area contributed by atoms with Gasteiger partial charge in [-0.2, -0.15) is 0 Å². The normalized spacial score (nSPS) is 25.2. The van der Waals surface area contributed by atoms with Crippen LogP contribution in [0.3, 0.4) is 0 Å². The molecule has 0 aromatic rings. The van der Waals surface area contributed by atoms with Gasteiger partial charge in [0.1, 0.15) is 5.60 Å². The van der Waals surface area contributed by atoms with Crippen LogP contribution in [0.15, 0.2) is 0 Å². The molecule has 1 N–H and O–H groups in total. The predicted molar refractivity (Wildman–Crippen MR) is 94.6 cm³/mol. The number of nitrogens with zero attached hydrogens (tertiary/aromatic N) is 1. The summed E-state index contributed by atoms with van der Waals surface area (Å²) in [5.74, 6) is 0.808. The standard InChI is InChI=1S/C19H36N2O2/c1-15(16-10-6-5-7-11-16)20-14-17-12-8-9-13-21(17)18(22)23-19(2,3)4/h15-17,20H,5-14H2,1-4H3/t15-,17?/m1/s1. The highest BCUT2D eigenvalue weighted by Crippen LogP contribution is 2.27. The fourth-order valence-corrected chi connectivity index (χ4v) is 3.90. The van der Waals surface area contributed by atoms with Gasteiger partial charge in [0, 0.05) is 25.2 Å². The molecule has 0 bridgehead atoms. The topological polar surface area (TPSA) is 41.6 Å². The maximum absolute atomic E-state index is 12.4. The molecule has 4 heteroatoms. The Balaban J connectivity index is 1.84. The van der Waals surface area contributed by atoms with Crippen LogP contribution in [0.1, 0.15) is 79.1 Å². The Kier molecular flexibility index (Phi) is 6.75. The molecule has 0 spiro atoms. The van der Waals surface area contributed by atoms with E-state index in [4.69, 9.17) is 4.74 Å². The van der Waals surface area contributed by atoms with Crippen LogP contribution in [0.4, 0.5) is 4.79 Å². The highest BCUT2D eigenvalue weighted by Gasteiger charge is 2.31. The van der Waals surface area contributed by atoms with Gasteiger partial charge in [-0.1, -0.05) is 19.3 Å². The van der Waals surface area contributed by atoms with Crippen LogP contribution >= 0.6 is 0 Å². The lowest BCUT2D eigenvalue weighted by molar-refractivity contribution is 0.00943. The van der Waals surface area contributed by atoms with Crippen LogP contribution in [0, 0.1) is 5.92 Å². The Morgan fingerprint density at radius 1 is 1.13 bits per heavy atom. The predicted octanol–water partition coefficient (Wildman–Crippen LogP) is 4.33. The molecule has 2 atom stereocenters. The van der Waals surface area contributed by atoms with Gasteiger partial charge >= 0.3 is 6.09 Å². The van der Waals surface area contributed by atoms with Gasteiger partial charge in [-0.3, -0.25) is 0 Å². The van der Waals surface area contributed by atoms with Crippen LogP contribution in [0.2, 0.25) is 0 Å². The van der Waals surface area contributed by atoms with Crippen molar-refractivity contribution in [3.8, 4) is 0 Å². The minimum Gasteiger partial charge on any atom is -0.444 e. The molecule has 134 valence electrons. The summed E-state index contributed by atoms with van der Waals surface area (Å²) >= 11 is 0. The number of likely N-dealkylation sites (tertiary alicyclic amines) is 1. The van der Waals surface area contributed by atoms with E-state index in [1.165, 1.54) is 38.5 Å². The molecule has 1 saturated carbocycles. The molecule has 4 nitrogen and oxygen atoms in total. The SMILES string of the molecule is C[C@@H](NCC1CCCCN1C(=O)OC(C)(C)C)C1CCCCC1. The summed E-state index contributed by atoms with van der Waals surface area (Å²) in [5, 5.41) is 3.72. The molecule has 2 aliphatic rings. The fourth-order valence-electron chi connectivity index (χ4n) is 3.90. The number of hydrogen-bond acceptors (Lipinski definition) is 3. The third kappa shape index (κ3) is 5.98. The van der Waals surface area contributed by atoms with E-state index in [9.17, 15) is 4.79 Å². The fraction of sp³-hybridized carbons (Fsp3) is 0.947. The number of amides is 1. The summed E-state index contributed by atoms with van der Waals surface area (Å²) in [7, 11) is 0. The van der Waals surface area contributed by atoms with Crippen molar-refractivity contribution in [2.24, 2.45) is 5.92 Å². The van der Waals surface area contributed by atoms with Gasteiger partial charge in [-0.25, -0.2) is 4.79 Å². The summed E-state index contributed by atoms with van der Waals surface area (Å²) in [6.07, 6.45) is 10.1. The van der Waals surface area contributed by atoms with Crippen molar-refractivity contribution >= 4 is 6.09 Å². The maximum Gasteiger partial charge on any atom is 0.410 e. The Morgan fingerprint density at radius 3 is 2.43 bits per heavy atom. The number of nitrogens with one attached hydrogen (secondary N) is 1. The molecule has 1 aliphatic heterocycles. The summed E-state index contributed by atoms with van der Waals surface area (Å²) in [6.45, 7) is 9.86. The molecule has 0 aromatic carbocycles. The molecular formula is C19H36N2O2. The van der Waals surface area contributed by atoms with Crippen LogP contribution in [0.25, 0.3) is 0 Å². The Labute approximate surface area is 142 Å². The van der Waals surface area contributed by atoms with Crippen LogP contribution in [-0.2, 0) is 4.74 Å². The average Bonchev–Trinajstić information content (AvgIpc) is 2.52. The highest BCUT2D eigenvalue weighted by molar-refractivity contribution is 5.68. The molecule has 1 amide bonds. The first-order chi connectivity index (χ1) is 10.9. The molecule has 2 rings (SSSR count). The lowest BCUT2D eigenvalue weighted by Gasteiger charge is -2.38. The van der Waals surface area contributed by atoms with E-state index in [0.29, 0.717) is 6.04 Å². The first kappa shape index (κ1) is 18.6.